The lowest BCUT2D eigenvalue weighted by Crippen LogP contribution is -2.03. The minimum atomic E-state index is -0.284. The summed E-state index contributed by atoms with van der Waals surface area (Å²) in [4.78, 5) is 12.8. The van der Waals surface area contributed by atoms with Gasteiger partial charge < -0.3 is 14.9 Å². The molecule has 124 valence electrons. The van der Waals surface area contributed by atoms with Gasteiger partial charge in [0.25, 0.3) is 0 Å². The number of carbonyl (C=O) groups excluding carboxylic acids is 1. The third-order valence-corrected chi connectivity index (χ3v) is 4.02. The molecular weight excluding hydrogens is 318 g/mol. The topological polar surface area (TPSA) is 83.3 Å². The molecule has 4 rings (SSSR count). The lowest BCUT2D eigenvalue weighted by Gasteiger charge is -2.02. The van der Waals surface area contributed by atoms with Crippen LogP contribution in [0.2, 0.25) is 0 Å². The number of carbonyl (C=O) groups is 1. The summed E-state index contributed by atoms with van der Waals surface area (Å²) in [6.07, 6.45) is 3.52. The highest BCUT2D eigenvalue weighted by molar-refractivity contribution is 6.14. The van der Waals surface area contributed by atoms with E-state index < -0.39 is 0 Å². The molecule has 0 saturated heterocycles. The predicted molar refractivity (Wildman–Crippen MR) is 94.2 cm³/mol. The van der Waals surface area contributed by atoms with Gasteiger partial charge in [0, 0.05) is 29.4 Å². The Bertz CT molecular complexity index is 1060. The van der Waals surface area contributed by atoms with E-state index in [1.54, 1.807) is 48.3 Å². The molecule has 25 heavy (non-hydrogen) atoms. The number of hydrogen-bond acceptors (Lipinski definition) is 5. The van der Waals surface area contributed by atoms with E-state index in [0.29, 0.717) is 28.0 Å². The van der Waals surface area contributed by atoms with Crippen LogP contribution < -0.4 is 10.5 Å². The largest absolute Gasteiger partial charge is 0.497 e. The van der Waals surface area contributed by atoms with Gasteiger partial charge in [0.1, 0.15) is 11.3 Å². The highest BCUT2D eigenvalue weighted by Gasteiger charge is 2.21. The van der Waals surface area contributed by atoms with E-state index in [2.05, 4.69) is 5.10 Å². The van der Waals surface area contributed by atoms with Crippen molar-refractivity contribution in [2.24, 2.45) is 0 Å². The van der Waals surface area contributed by atoms with Crippen LogP contribution in [0.15, 0.2) is 65.3 Å². The number of furan rings is 1. The molecule has 0 bridgehead atoms. The fraction of sp³-hybridized carbons (Fsp3) is 0.0526. The molecule has 2 heterocycles. The minimum absolute atomic E-state index is 0.126. The molecule has 0 fully saturated rings. The normalized spacial score (nSPS) is 10.9. The summed E-state index contributed by atoms with van der Waals surface area (Å²) in [5.41, 5.74) is 8.30. The SMILES string of the molecule is COc1cccc(C(=O)c2oc3cc(-n4cccn4)ccc3c2N)c1. The first-order valence-corrected chi connectivity index (χ1v) is 7.68. The Kier molecular flexibility index (Phi) is 3.50. The van der Waals surface area contributed by atoms with Gasteiger partial charge in [-0.2, -0.15) is 5.10 Å². The van der Waals surface area contributed by atoms with Gasteiger partial charge in [0.15, 0.2) is 5.76 Å². The fourth-order valence-corrected chi connectivity index (χ4v) is 2.73. The molecule has 0 saturated carbocycles. The second kappa shape index (κ2) is 5.83. The number of rotatable bonds is 4. The van der Waals surface area contributed by atoms with Gasteiger partial charge in [-0.15, -0.1) is 0 Å². The standard InChI is InChI=1S/C19H15N3O3/c1-24-14-5-2-4-12(10-14)18(23)19-17(20)15-7-6-13(11-16(15)25-19)22-9-3-8-21-22/h2-11H,20H2,1H3. The van der Waals surface area contributed by atoms with Gasteiger partial charge in [-0.05, 0) is 30.3 Å². The van der Waals surface area contributed by atoms with Crippen molar-refractivity contribution in [2.45, 2.75) is 0 Å². The zero-order valence-electron chi connectivity index (χ0n) is 13.5. The van der Waals surface area contributed by atoms with Crippen molar-refractivity contribution in [3.63, 3.8) is 0 Å². The predicted octanol–water partition coefficient (Wildman–Crippen LogP) is 3.44. The minimum Gasteiger partial charge on any atom is -0.497 e. The van der Waals surface area contributed by atoms with Crippen molar-refractivity contribution >= 4 is 22.4 Å². The van der Waals surface area contributed by atoms with Crippen LogP contribution in [0.5, 0.6) is 5.75 Å². The Morgan fingerprint density at radius 3 is 2.84 bits per heavy atom. The number of nitrogens with two attached hydrogens (primary N) is 1. The number of fused-ring (bicyclic) bond motifs is 1. The monoisotopic (exact) mass is 333 g/mol. The molecule has 4 aromatic rings. The number of ether oxygens (including phenoxy) is 1. The third-order valence-electron chi connectivity index (χ3n) is 4.02. The van der Waals surface area contributed by atoms with E-state index in [1.165, 1.54) is 0 Å². The maximum absolute atomic E-state index is 12.8. The summed E-state index contributed by atoms with van der Waals surface area (Å²) >= 11 is 0. The molecule has 2 N–H and O–H groups in total. The Labute approximate surface area is 143 Å². The lowest BCUT2D eigenvalue weighted by atomic mass is 10.1. The number of hydrogen-bond donors (Lipinski definition) is 1. The molecule has 0 amide bonds. The average Bonchev–Trinajstić information content (AvgIpc) is 3.29. The van der Waals surface area contributed by atoms with Gasteiger partial charge in [-0.3, -0.25) is 4.79 Å². The van der Waals surface area contributed by atoms with Crippen molar-refractivity contribution in [1.29, 1.82) is 0 Å². The number of nitrogen functional groups attached to an aromatic ring is 1. The van der Waals surface area contributed by atoms with Crippen molar-refractivity contribution < 1.29 is 13.9 Å². The lowest BCUT2D eigenvalue weighted by molar-refractivity contribution is 0.101. The third kappa shape index (κ3) is 2.53. The van der Waals surface area contributed by atoms with Crippen LogP contribution >= 0.6 is 0 Å². The molecule has 0 spiro atoms. The molecule has 2 aromatic carbocycles. The van der Waals surface area contributed by atoms with Crippen LogP contribution in [0.1, 0.15) is 16.1 Å². The highest BCUT2D eigenvalue weighted by Crippen LogP contribution is 2.31. The van der Waals surface area contributed by atoms with Crippen LogP contribution in [-0.2, 0) is 0 Å². The Hall–Kier alpha value is -3.54. The smallest absolute Gasteiger partial charge is 0.230 e. The first kappa shape index (κ1) is 15.0. The van der Waals surface area contributed by atoms with E-state index in [-0.39, 0.29) is 11.5 Å². The van der Waals surface area contributed by atoms with Crippen molar-refractivity contribution in [3.05, 3.63) is 72.2 Å². The fourth-order valence-electron chi connectivity index (χ4n) is 2.73. The summed E-state index contributed by atoms with van der Waals surface area (Å²) in [5.74, 6) is 0.440. The van der Waals surface area contributed by atoms with Gasteiger partial charge in [-0.25, -0.2) is 4.68 Å². The number of nitrogens with zero attached hydrogens (tertiary/aromatic N) is 2. The van der Waals surface area contributed by atoms with Crippen molar-refractivity contribution in [3.8, 4) is 11.4 Å². The summed E-state index contributed by atoms with van der Waals surface area (Å²) < 4.78 is 12.6. The molecule has 2 aromatic heterocycles. The van der Waals surface area contributed by atoms with Gasteiger partial charge in [-0.1, -0.05) is 12.1 Å². The van der Waals surface area contributed by atoms with E-state index in [1.807, 2.05) is 24.4 Å². The van der Waals surface area contributed by atoms with Crippen LogP contribution in [0.4, 0.5) is 5.69 Å². The molecular formula is C19H15N3O3. The molecule has 0 aliphatic rings. The number of benzene rings is 2. The summed E-state index contributed by atoms with van der Waals surface area (Å²) in [7, 11) is 1.55. The second-order valence-corrected chi connectivity index (χ2v) is 5.54. The number of aromatic nitrogens is 2. The number of ketones is 1. The molecule has 0 aliphatic heterocycles. The van der Waals surface area contributed by atoms with Crippen LogP contribution in [0.25, 0.3) is 16.7 Å². The van der Waals surface area contributed by atoms with Gasteiger partial charge in [0.2, 0.25) is 5.78 Å². The van der Waals surface area contributed by atoms with Gasteiger partial charge in [0.05, 0.1) is 18.5 Å². The van der Waals surface area contributed by atoms with E-state index in [4.69, 9.17) is 14.9 Å². The Balaban J connectivity index is 1.79. The highest BCUT2D eigenvalue weighted by atomic mass is 16.5. The zero-order chi connectivity index (χ0) is 17.4. The van der Waals surface area contributed by atoms with Crippen LogP contribution in [-0.4, -0.2) is 22.7 Å². The molecule has 0 radical (unpaired) electrons. The molecule has 0 unspecified atom stereocenters. The van der Waals surface area contributed by atoms with Crippen LogP contribution in [0.3, 0.4) is 0 Å². The molecule has 0 aliphatic carbocycles. The second-order valence-electron chi connectivity index (χ2n) is 5.54. The number of methoxy groups -OCH3 is 1. The Morgan fingerprint density at radius 1 is 1.20 bits per heavy atom. The maximum atomic E-state index is 12.8. The molecule has 6 heteroatoms. The van der Waals surface area contributed by atoms with Crippen molar-refractivity contribution in [2.75, 3.05) is 12.8 Å². The first-order valence-electron chi connectivity index (χ1n) is 7.68. The Morgan fingerprint density at radius 2 is 2.08 bits per heavy atom. The van der Waals surface area contributed by atoms with Gasteiger partial charge >= 0.3 is 0 Å². The summed E-state index contributed by atoms with van der Waals surface area (Å²) in [5, 5.41) is 4.88. The summed E-state index contributed by atoms with van der Waals surface area (Å²) in [6, 6.07) is 14.2. The van der Waals surface area contributed by atoms with E-state index >= 15 is 0 Å². The first-order chi connectivity index (χ1) is 12.2. The summed E-state index contributed by atoms with van der Waals surface area (Å²) in [6.45, 7) is 0. The van der Waals surface area contributed by atoms with Crippen LogP contribution in [0, 0.1) is 0 Å². The number of anilines is 1. The quantitative estimate of drug-likeness (QED) is 0.578. The van der Waals surface area contributed by atoms with E-state index in [9.17, 15) is 4.79 Å². The zero-order valence-corrected chi connectivity index (χ0v) is 13.5. The molecule has 6 nitrogen and oxygen atoms in total. The maximum Gasteiger partial charge on any atom is 0.230 e. The van der Waals surface area contributed by atoms with E-state index in [0.717, 1.165) is 5.69 Å². The average molecular weight is 333 g/mol. The van der Waals surface area contributed by atoms with Crippen molar-refractivity contribution in [1.82, 2.24) is 9.78 Å². The molecule has 0 atom stereocenters.